The van der Waals surface area contributed by atoms with Crippen molar-refractivity contribution in [2.24, 2.45) is 5.73 Å². The van der Waals surface area contributed by atoms with Crippen LogP contribution in [-0.4, -0.2) is 0 Å². The number of hydrogen-bond acceptors (Lipinski definition) is 1. The van der Waals surface area contributed by atoms with Gasteiger partial charge in [0.2, 0.25) is 0 Å². The van der Waals surface area contributed by atoms with Crippen molar-refractivity contribution in [3.63, 3.8) is 0 Å². The van der Waals surface area contributed by atoms with Crippen molar-refractivity contribution in [3.05, 3.63) is 46.2 Å². The van der Waals surface area contributed by atoms with Gasteiger partial charge in [0.1, 0.15) is 5.82 Å². The van der Waals surface area contributed by atoms with E-state index >= 15 is 0 Å². The summed E-state index contributed by atoms with van der Waals surface area (Å²) < 4.78 is 14.3. The SMILES string of the molecule is C=C(CC)CC(N)c1cc(Br)ccc1F. The molecule has 0 fully saturated rings. The normalized spacial score (nSPS) is 12.5. The minimum atomic E-state index is -0.310. The van der Waals surface area contributed by atoms with E-state index in [1.165, 1.54) is 6.07 Å². The molecule has 82 valence electrons. The fraction of sp³-hybridized carbons (Fsp3) is 0.333. The molecule has 0 saturated carbocycles. The molecule has 0 heterocycles. The molecule has 1 atom stereocenters. The van der Waals surface area contributed by atoms with Gasteiger partial charge in [-0.05, 0) is 31.0 Å². The van der Waals surface area contributed by atoms with Crippen molar-refractivity contribution in [1.29, 1.82) is 0 Å². The summed E-state index contributed by atoms with van der Waals surface area (Å²) in [7, 11) is 0. The third-order valence-corrected chi connectivity index (χ3v) is 2.86. The van der Waals surface area contributed by atoms with Gasteiger partial charge in [0.15, 0.2) is 0 Å². The fourth-order valence-corrected chi connectivity index (χ4v) is 1.74. The number of halogens is 2. The number of benzene rings is 1. The van der Waals surface area contributed by atoms with Crippen molar-refractivity contribution in [2.45, 2.75) is 25.8 Å². The van der Waals surface area contributed by atoms with Crippen molar-refractivity contribution in [3.8, 4) is 0 Å². The van der Waals surface area contributed by atoms with Gasteiger partial charge < -0.3 is 5.73 Å². The Balaban J connectivity index is 2.85. The van der Waals surface area contributed by atoms with Gasteiger partial charge in [0.05, 0.1) is 0 Å². The molecule has 0 radical (unpaired) electrons. The third kappa shape index (κ3) is 3.43. The van der Waals surface area contributed by atoms with Gasteiger partial charge in [0.25, 0.3) is 0 Å². The van der Waals surface area contributed by atoms with E-state index < -0.39 is 0 Å². The summed E-state index contributed by atoms with van der Waals surface area (Å²) in [4.78, 5) is 0. The maximum Gasteiger partial charge on any atom is 0.128 e. The average molecular weight is 272 g/mol. The molecular weight excluding hydrogens is 257 g/mol. The molecule has 0 saturated heterocycles. The quantitative estimate of drug-likeness (QED) is 0.825. The molecule has 1 aromatic carbocycles. The maximum absolute atomic E-state index is 13.4. The van der Waals surface area contributed by atoms with Crippen molar-refractivity contribution in [1.82, 2.24) is 0 Å². The molecule has 0 spiro atoms. The van der Waals surface area contributed by atoms with Crippen LogP contribution < -0.4 is 5.73 Å². The highest BCUT2D eigenvalue weighted by Crippen LogP contribution is 2.24. The van der Waals surface area contributed by atoms with Crippen LogP contribution in [0.2, 0.25) is 0 Å². The number of rotatable bonds is 4. The first-order chi connectivity index (χ1) is 7.04. The first-order valence-corrected chi connectivity index (χ1v) is 5.71. The molecule has 1 aromatic rings. The molecule has 3 heteroatoms. The second-order valence-corrected chi connectivity index (χ2v) is 4.50. The molecule has 15 heavy (non-hydrogen) atoms. The van der Waals surface area contributed by atoms with Gasteiger partial charge in [0, 0.05) is 16.1 Å². The fourth-order valence-electron chi connectivity index (χ4n) is 1.36. The molecule has 0 aliphatic heterocycles. The molecule has 2 N–H and O–H groups in total. The summed E-state index contributed by atoms with van der Waals surface area (Å²) in [6.07, 6.45) is 1.51. The monoisotopic (exact) mass is 271 g/mol. The molecule has 0 amide bonds. The maximum atomic E-state index is 13.4. The van der Waals surface area contributed by atoms with Gasteiger partial charge in [-0.3, -0.25) is 0 Å². The van der Waals surface area contributed by atoms with Crippen LogP contribution >= 0.6 is 15.9 Å². The molecule has 0 bridgehead atoms. The molecule has 1 rings (SSSR count). The van der Waals surface area contributed by atoms with Gasteiger partial charge in [-0.15, -0.1) is 0 Å². The second-order valence-electron chi connectivity index (χ2n) is 3.58. The third-order valence-electron chi connectivity index (χ3n) is 2.37. The van der Waals surface area contributed by atoms with Crippen LogP contribution in [0.3, 0.4) is 0 Å². The molecular formula is C12H15BrFN. The number of nitrogens with two attached hydrogens (primary N) is 1. The molecule has 0 aromatic heterocycles. The van der Waals surface area contributed by atoms with E-state index in [2.05, 4.69) is 22.5 Å². The highest BCUT2D eigenvalue weighted by Gasteiger charge is 2.12. The molecule has 1 nitrogen and oxygen atoms in total. The van der Waals surface area contributed by atoms with Crippen LogP contribution in [0.5, 0.6) is 0 Å². The largest absolute Gasteiger partial charge is 0.324 e. The lowest BCUT2D eigenvalue weighted by atomic mass is 9.99. The summed E-state index contributed by atoms with van der Waals surface area (Å²) >= 11 is 3.30. The number of hydrogen-bond donors (Lipinski definition) is 1. The second kappa shape index (κ2) is 5.42. The van der Waals surface area contributed by atoms with E-state index in [0.29, 0.717) is 12.0 Å². The van der Waals surface area contributed by atoms with Gasteiger partial charge in [-0.1, -0.05) is 35.0 Å². The molecule has 0 aliphatic carbocycles. The summed E-state index contributed by atoms with van der Waals surface area (Å²) in [6.45, 7) is 5.90. The standard InChI is InChI=1S/C12H15BrFN/c1-3-8(2)6-12(15)10-7-9(13)4-5-11(10)14/h4-5,7,12H,2-3,6,15H2,1H3. The van der Waals surface area contributed by atoms with E-state index in [4.69, 9.17) is 5.73 Å². The smallest absolute Gasteiger partial charge is 0.128 e. The predicted molar refractivity (Wildman–Crippen MR) is 65.1 cm³/mol. The zero-order valence-electron chi connectivity index (χ0n) is 8.76. The average Bonchev–Trinajstić information content (AvgIpc) is 2.21. The zero-order chi connectivity index (χ0) is 11.4. The Morgan fingerprint density at radius 3 is 2.87 bits per heavy atom. The Morgan fingerprint density at radius 1 is 1.60 bits per heavy atom. The molecule has 0 aliphatic rings. The van der Waals surface area contributed by atoms with Crippen LogP contribution in [0, 0.1) is 5.82 Å². The predicted octanol–water partition coefficient (Wildman–Crippen LogP) is 3.94. The van der Waals surface area contributed by atoms with Crippen molar-refractivity contribution >= 4 is 15.9 Å². The summed E-state index contributed by atoms with van der Waals surface area (Å²) in [5.41, 5.74) is 7.50. The Labute approximate surface area is 98.3 Å². The summed E-state index contributed by atoms with van der Waals surface area (Å²) in [6, 6.07) is 4.51. The summed E-state index contributed by atoms with van der Waals surface area (Å²) in [5.74, 6) is -0.255. The Hall–Kier alpha value is -0.670. The van der Waals surface area contributed by atoms with Gasteiger partial charge in [-0.2, -0.15) is 0 Å². The van der Waals surface area contributed by atoms with Crippen molar-refractivity contribution < 1.29 is 4.39 Å². The van der Waals surface area contributed by atoms with Gasteiger partial charge >= 0.3 is 0 Å². The lowest BCUT2D eigenvalue weighted by Gasteiger charge is -2.14. The molecule has 1 unspecified atom stereocenters. The van der Waals surface area contributed by atoms with Crippen LogP contribution in [0.15, 0.2) is 34.8 Å². The highest BCUT2D eigenvalue weighted by atomic mass is 79.9. The van der Waals surface area contributed by atoms with E-state index in [0.717, 1.165) is 16.5 Å². The van der Waals surface area contributed by atoms with Gasteiger partial charge in [-0.25, -0.2) is 4.39 Å². The Morgan fingerprint density at radius 2 is 2.27 bits per heavy atom. The zero-order valence-corrected chi connectivity index (χ0v) is 10.3. The minimum absolute atomic E-state index is 0.255. The minimum Gasteiger partial charge on any atom is -0.324 e. The first kappa shape index (κ1) is 12.4. The summed E-state index contributed by atoms with van der Waals surface area (Å²) in [5, 5.41) is 0. The van der Waals surface area contributed by atoms with Crippen molar-refractivity contribution in [2.75, 3.05) is 0 Å². The Kier molecular flexibility index (Phi) is 4.48. The lowest BCUT2D eigenvalue weighted by Crippen LogP contribution is -2.12. The van der Waals surface area contributed by atoms with E-state index in [-0.39, 0.29) is 11.9 Å². The van der Waals surface area contributed by atoms with Crippen LogP contribution in [-0.2, 0) is 0 Å². The Bertz CT molecular complexity index is 363. The van der Waals surface area contributed by atoms with E-state index in [1.807, 2.05) is 6.92 Å². The highest BCUT2D eigenvalue weighted by molar-refractivity contribution is 9.10. The topological polar surface area (TPSA) is 26.0 Å². The van der Waals surface area contributed by atoms with Crippen LogP contribution in [0.1, 0.15) is 31.4 Å². The van der Waals surface area contributed by atoms with E-state index in [1.54, 1.807) is 12.1 Å². The van der Waals surface area contributed by atoms with E-state index in [9.17, 15) is 4.39 Å². The van der Waals surface area contributed by atoms with Crippen LogP contribution in [0.25, 0.3) is 0 Å². The van der Waals surface area contributed by atoms with Crippen LogP contribution in [0.4, 0.5) is 4.39 Å². The lowest BCUT2D eigenvalue weighted by molar-refractivity contribution is 0.577. The first-order valence-electron chi connectivity index (χ1n) is 4.91.